The van der Waals surface area contributed by atoms with Gasteiger partial charge in [0.05, 0.1) is 5.54 Å². The Morgan fingerprint density at radius 2 is 1.96 bits per heavy atom. The lowest BCUT2D eigenvalue weighted by Crippen LogP contribution is -2.41. The molecule has 0 amide bonds. The Kier molecular flexibility index (Phi) is 4.79. The maximum atomic E-state index is 5.81. The van der Waals surface area contributed by atoms with Crippen LogP contribution >= 0.6 is 0 Å². The predicted octanol–water partition coefficient (Wildman–Crippen LogP) is 3.73. The summed E-state index contributed by atoms with van der Waals surface area (Å²) in [6, 6.07) is 15.2. The SMILES string of the molecule is CC/C=C/C=C(/CN)NNC1(c2ccc3ccccc3c2)CC1. The molecule has 1 aliphatic rings. The predicted molar refractivity (Wildman–Crippen MR) is 97.7 cm³/mol. The first kappa shape index (κ1) is 15.8. The maximum absolute atomic E-state index is 5.81. The van der Waals surface area contributed by atoms with Gasteiger partial charge in [-0.05, 0) is 47.7 Å². The van der Waals surface area contributed by atoms with Crippen molar-refractivity contribution < 1.29 is 0 Å². The molecule has 0 spiro atoms. The molecule has 1 aliphatic carbocycles. The molecule has 3 rings (SSSR count). The summed E-state index contributed by atoms with van der Waals surface area (Å²) in [5.41, 5.74) is 15.0. The Hall–Kier alpha value is -2.10. The summed E-state index contributed by atoms with van der Waals surface area (Å²) >= 11 is 0. The second-order valence-electron chi connectivity index (χ2n) is 6.13. The van der Waals surface area contributed by atoms with Crippen molar-refractivity contribution in [1.29, 1.82) is 0 Å². The van der Waals surface area contributed by atoms with E-state index in [4.69, 9.17) is 5.73 Å². The van der Waals surface area contributed by atoms with Crippen molar-refractivity contribution in [3.8, 4) is 0 Å². The average Bonchev–Trinajstić information content (AvgIpc) is 3.39. The number of nitrogens with one attached hydrogen (secondary N) is 2. The van der Waals surface area contributed by atoms with Gasteiger partial charge in [0, 0.05) is 12.2 Å². The molecule has 2 aromatic rings. The molecule has 120 valence electrons. The van der Waals surface area contributed by atoms with Crippen molar-refractivity contribution in [2.45, 2.75) is 31.7 Å². The van der Waals surface area contributed by atoms with Crippen LogP contribution in [0.2, 0.25) is 0 Å². The van der Waals surface area contributed by atoms with Gasteiger partial charge in [-0.1, -0.05) is 55.5 Å². The number of benzene rings is 2. The first-order chi connectivity index (χ1) is 11.3. The number of hydrogen-bond acceptors (Lipinski definition) is 3. The van der Waals surface area contributed by atoms with Crippen LogP contribution in [-0.4, -0.2) is 6.54 Å². The molecule has 0 aromatic heterocycles. The maximum Gasteiger partial charge on any atom is 0.0621 e. The summed E-state index contributed by atoms with van der Waals surface area (Å²) in [7, 11) is 0. The zero-order chi connectivity index (χ0) is 16.1. The zero-order valence-electron chi connectivity index (χ0n) is 13.7. The highest BCUT2D eigenvalue weighted by atomic mass is 15.4. The Balaban J connectivity index is 1.73. The summed E-state index contributed by atoms with van der Waals surface area (Å²) in [4.78, 5) is 0. The molecule has 0 radical (unpaired) electrons. The number of hydrogen-bond donors (Lipinski definition) is 3. The fraction of sp³-hybridized carbons (Fsp3) is 0.300. The van der Waals surface area contributed by atoms with Gasteiger partial charge in [-0.15, -0.1) is 0 Å². The molecule has 0 bridgehead atoms. The highest BCUT2D eigenvalue weighted by molar-refractivity contribution is 5.83. The number of nitrogens with two attached hydrogens (primary N) is 1. The van der Waals surface area contributed by atoms with E-state index in [-0.39, 0.29) is 5.54 Å². The van der Waals surface area contributed by atoms with Gasteiger partial charge >= 0.3 is 0 Å². The molecule has 3 heteroatoms. The Morgan fingerprint density at radius 1 is 1.17 bits per heavy atom. The van der Waals surface area contributed by atoms with Crippen molar-refractivity contribution in [3.05, 3.63) is 72.0 Å². The van der Waals surface area contributed by atoms with E-state index in [0.717, 1.165) is 25.0 Å². The van der Waals surface area contributed by atoms with Crippen LogP contribution in [0, 0.1) is 0 Å². The summed E-state index contributed by atoms with van der Waals surface area (Å²) in [5.74, 6) is 0. The van der Waals surface area contributed by atoms with Crippen LogP contribution < -0.4 is 16.6 Å². The van der Waals surface area contributed by atoms with Crippen LogP contribution in [0.5, 0.6) is 0 Å². The number of rotatable bonds is 7. The third-order valence-electron chi connectivity index (χ3n) is 4.40. The van der Waals surface area contributed by atoms with Gasteiger partial charge < -0.3 is 11.2 Å². The molecule has 2 aromatic carbocycles. The monoisotopic (exact) mass is 307 g/mol. The van der Waals surface area contributed by atoms with Crippen molar-refractivity contribution >= 4 is 10.8 Å². The standard InChI is InChI=1S/C20H25N3/c1-2-3-4-9-19(15-21)22-23-20(12-13-20)18-11-10-16-7-5-6-8-17(16)14-18/h3-11,14,22-23H,2,12-13,15,21H2,1H3/b4-3+,19-9-. The van der Waals surface area contributed by atoms with E-state index in [2.05, 4.69) is 66.3 Å². The summed E-state index contributed by atoms with van der Waals surface area (Å²) in [6.45, 7) is 2.62. The van der Waals surface area contributed by atoms with E-state index in [1.165, 1.54) is 16.3 Å². The third kappa shape index (κ3) is 3.63. The molecule has 0 heterocycles. The van der Waals surface area contributed by atoms with E-state index >= 15 is 0 Å². The van der Waals surface area contributed by atoms with Gasteiger partial charge in [-0.25, -0.2) is 5.43 Å². The van der Waals surface area contributed by atoms with E-state index in [1.807, 2.05) is 12.2 Å². The van der Waals surface area contributed by atoms with Gasteiger partial charge in [0.25, 0.3) is 0 Å². The van der Waals surface area contributed by atoms with Gasteiger partial charge in [-0.2, -0.15) is 0 Å². The summed E-state index contributed by atoms with van der Waals surface area (Å²) in [5, 5.41) is 2.57. The second-order valence-corrected chi connectivity index (χ2v) is 6.13. The molecule has 4 N–H and O–H groups in total. The molecule has 0 saturated heterocycles. The molecule has 1 fully saturated rings. The lowest BCUT2D eigenvalue weighted by Gasteiger charge is -2.21. The minimum atomic E-state index is 0.0345. The average molecular weight is 307 g/mol. The van der Waals surface area contributed by atoms with Gasteiger partial charge in [-0.3, -0.25) is 0 Å². The highest BCUT2D eigenvalue weighted by Gasteiger charge is 2.44. The lowest BCUT2D eigenvalue weighted by atomic mass is 10.0. The number of fused-ring (bicyclic) bond motifs is 1. The number of allylic oxidation sites excluding steroid dienone is 3. The van der Waals surface area contributed by atoms with E-state index < -0.39 is 0 Å². The summed E-state index contributed by atoms with van der Waals surface area (Å²) < 4.78 is 0. The lowest BCUT2D eigenvalue weighted by molar-refractivity contribution is 0.458. The largest absolute Gasteiger partial charge is 0.325 e. The van der Waals surface area contributed by atoms with Crippen molar-refractivity contribution in [2.24, 2.45) is 5.73 Å². The van der Waals surface area contributed by atoms with Crippen LogP contribution in [-0.2, 0) is 5.54 Å². The molecule has 3 nitrogen and oxygen atoms in total. The Labute approximate surface area is 138 Å². The normalized spacial score (nSPS) is 16.9. The quantitative estimate of drug-likeness (QED) is 0.539. The smallest absolute Gasteiger partial charge is 0.0621 e. The Morgan fingerprint density at radius 3 is 2.65 bits per heavy atom. The molecule has 0 unspecified atom stereocenters. The molecule has 23 heavy (non-hydrogen) atoms. The van der Waals surface area contributed by atoms with Gasteiger partial charge in [0.1, 0.15) is 0 Å². The van der Waals surface area contributed by atoms with Crippen LogP contribution in [0.1, 0.15) is 31.7 Å². The minimum Gasteiger partial charge on any atom is -0.325 e. The molecular formula is C20H25N3. The first-order valence-electron chi connectivity index (χ1n) is 8.35. The van der Waals surface area contributed by atoms with Crippen molar-refractivity contribution in [3.63, 3.8) is 0 Å². The van der Waals surface area contributed by atoms with E-state index in [9.17, 15) is 0 Å². The zero-order valence-corrected chi connectivity index (χ0v) is 13.7. The third-order valence-corrected chi connectivity index (χ3v) is 4.40. The van der Waals surface area contributed by atoms with Crippen LogP contribution in [0.15, 0.2) is 66.4 Å². The van der Waals surface area contributed by atoms with Crippen LogP contribution in [0.25, 0.3) is 10.8 Å². The van der Waals surface area contributed by atoms with Crippen LogP contribution in [0.4, 0.5) is 0 Å². The first-order valence-corrected chi connectivity index (χ1v) is 8.35. The topological polar surface area (TPSA) is 50.1 Å². The molecule has 0 atom stereocenters. The minimum absolute atomic E-state index is 0.0345. The molecule has 1 saturated carbocycles. The number of hydrazine groups is 1. The van der Waals surface area contributed by atoms with Gasteiger partial charge in [0.15, 0.2) is 0 Å². The fourth-order valence-electron chi connectivity index (χ4n) is 2.78. The van der Waals surface area contributed by atoms with E-state index in [0.29, 0.717) is 6.54 Å². The molecule has 0 aliphatic heterocycles. The molecular weight excluding hydrogens is 282 g/mol. The highest BCUT2D eigenvalue weighted by Crippen LogP contribution is 2.45. The van der Waals surface area contributed by atoms with Crippen LogP contribution in [0.3, 0.4) is 0 Å². The van der Waals surface area contributed by atoms with Crippen molar-refractivity contribution in [1.82, 2.24) is 10.9 Å². The van der Waals surface area contributed by atoms with E-state index in [1.54, 1.807) is 0 Å². The van der Waals surface area contributed by atoms with Crippen molar-refractivity contribution in [2.75, 3.05) is 6.54 Å². The summed E-state index contributed by atoms with van der Waals surface area (Å²) in [6.07, 6.45) is 9.51. The van der Waals surface area contributed by atoms with Gasteiger partial charge in [0.2, 0.25) is 0 Å². The second kappa shape index (κ2) is 6.99. The fourth-order valence-corrected chi connectivity index (χ4v) is 2.78. The Bertz CT molecular complexity index is 726.